The first-order valence-corrected chi connectivity index (χ1v) is 17.9. The van der Waals surface area contributed by atoms with Gasteiger partial charge in [-0.15, -0.1) is 0 Å². The molecule has 3 aliphatic rings. The van der Waals surface area contributed by atoms with Crippen LogP contribution < -0.4 is 21.7 Å². The van der Waals surface area contributed by atoms with Crippen LogP contribution in [0.15, 0.2) is 32.8 Å². The summed E-state index contributed by atoms with van der Waals surface area (Å²) in [6.07, 6.45) is 8.00. The van der Waals surface area contributed by atoms with Crippen LogP contribution in [0.2, 0.25) is 0 Å². The number of hydrogen-bond donors (Lipinski definition) is 4. The summed E-state index contributed by atoms with van der Waals surface area (Å²) >= 11 is 0. The predicted octanol–water partition coefficient (Wildman–Crippen LogP) is 3.39. The van der Waals surface area contributed by atoms with Crippen LogP contribution in [0.5, 0.6) is 0 Å². The minimum atomic E-state index is -1.40. The fourth-order valence-electron chi connectivity index (χ4n) is 6.60. The summed E-state index contributed by atoms with van der Waals surface area (Å²) in [5.74, 6) is -1.89. The highest BCUT2D eigenvalue weighted by Gasteiger charge is 2.45. The van der Waals surface area contributed by atoms with Crippen molar-refractivity contribution in [3.05, 3.63) is 29.2 Å². The summed E-state index contributed by atoms with van der Waals surface area (Å²) in [5, 5.41) is 8.75. The van der Waals surface area contributed by atoms with Crippen molar-refractivity contribution in [2.75, 3.05) is 12.3 Å². The third-order valence-electron chi connectivity index (χ3n) is 9.65. The van der Waals surface area contributed by atoms with Gasteiger partial charge in [0.1, 0.15) is 17.8 Å². The number of nitrogens with one attached hydrogen (secondary N) is 3. The second-order valence-electron chi connectivity index (χ2n) is 14.8. The Hall–Kier alpha value is -3.48. The Bertz CT molecular complexity index is 1430. The van der Waals surface area contributed by atoms with Crippen LogP contribution in [0.3, 0.4) is 0 Å². The van der Waals surface area contributed by atoms with E-state index in [1.807, 2.05) is 34.6 Å². The third-order valence-corrected chi connectivity index (χ3v) is 11.4. The van der Waals surface area contributed by atoms with E-state index < -0.39 is 69.4 Å². The molecule has 1 saturated heterocycles. The number of allylic oxidation sites excluding steroid dienone is 1. The summed E-state index contributed by atoms with van der Waals surface area (Å²) in [6.45, 7) is 11.3. The molecule has 4 rings (SSSR count). The number of furan rings is 1. The number of carbonyl (C=O) groups is 5. The van der Waals surface area contributed by atoms with Gasteiger partial charge in [-0.1, -0.05) is 58.4 Å². The molecule has 47 heavy (non-hydrogen) atoms. The van der Waals surface area contributed by atoms with Gasteiger partial charge in [-0.2, -0.15) is 0 Å². The van der Waals surface area contributed by atoms with E-state index in [0.717, 1.165) is 43.3 Å². The van der Waals surface area contributed by atoms with Crippen molar-refractivity contribution in [1.82, 2.24) is 20.9 Å². The molecule has 2 aliphatic carbocycles. The van der Waals surface area contributed by atoms with Crippen molar-refractivity contribution < 1.29 is 32.6 Å². The lowest BCUT2D eigenvalue weighted by molar-refractivity contribution is -0.143. The maximum Gasteiger partial charge on any atom is 0.315 e. The van der Waals surface area contributed by atoms with Crippen molar-refractivity contribution in [1.29, 1.82) is 0 Å². The average molecular weight is 674 g/mol. The number of Topliss-reactive ketones (excluding diaryl/α,β-unsaturated/α-hetero) is 1. The molecule has 5 N–H and O–H groups in total. The smallest absolute Gasteiger partial charge is 0.315 e. The third kappa shape index (κ3) is 9.11. The highest BCUT2D eigenvalue weighted by molar-refractivity contribution is 7.85. The molecule has 13 heteroatoms. The highest BCUT2D eigenvalue weighted by atomic mass is 32.2. The standard InChI is InChI=1S/C34H51N5O7S/c1-20(2)23-17-25(30(42)36-24(16-22-10-11-22)27(40)29(35)41)39(18-23)31(43)28(33(4,5)6)37-32(44)38-34(13-8-7-9-14-34)19-47(45)26-12-15-46-21(26)3/h12,15,22,24-25,28H,7-11,13-14,16-19H2,1-6H3,(H2,35,41)(H,36,42)(H2,37,38,44)/t24?,25-,28+,47?/m0/s1. The van der Waals surface area contributed by atoms with Gasteiger partial charge in [0.15, 0.2) is 0 Å². The second-order valence-corrected chi connectivity index (χ2v) is 16.2. The summed E-state index contributed by atoms with van der Waals surface area (Å²) in [6, 6.07) is -1.84. The van der Waals surface area contributed by atoms with Gasteiger partial charge < -0.3 is 31.0 Å². The zero-order valence-electron chi connectivity index (χ0n) is 28.5. The van der Waals surface area contributed by atoms with Crippen molar-refractivity contribution >= 4 is 40.3 Å². The number of rotatable bonds is 12. The Morgan fingerprint density at radius 1 is 1.09 bits per heavy atom. The fourth-order valence-corrected chi connectivity index (χ4v) is 8.20. The minimum absolute atomic E-state index is 0.194. The van der Waals surface area contributed by atoms with E-state index in [2.05, 4.69) is 16.0 Å². The molecule has 12 nitrogen and oxygen atoms in total. The average Bonchev–Trinajstić information content (AvgIpc) is 3.50. The number of nitrogens with zero attached hydrogens (tertiary/aromatic N) is 1. The van der Waals surface area contributed by atoms with Crippen molar-refractivity contribution in [2.24, 2.45) is 17.1 Å². The zero-order chi connectivity index (χ0) is 34.7. The van der Waals surface area contributed by atoms with Gasteiger partial charge >= 0.3 is 6.03 Å². The van der Waals surface area contributed by atoms with Gasteiger partial charge in [-0.3, -0.25) is 23.4 Å². The van der Waals surface area contributed by atoms with Gasteiger partial charge in [-0.25, -0.2) is 4.79 Å². The van der Waals surface area contributed by atoms with E-state index in [9.17, 15) is 28.2 Å². The van der Waals surface area contributed by atoms with E-state index in [1.54, 1.807) is 13.0 Å². The number of aryl methyl sites for hydroxylation is 1. The van der Waals surface area contributed by atoms with Gasteiger partial charge in [0, 0.05) is 6.54 Å². The maximum absolute atomic E-state index is 14.3. The minimum Gasteiger partial charge on any atom is -0.468 e. The molecule has 2 saturated carbocycles. The summed E-state index contributed by atoms with van der Waals surface area (Å²) in [4.78, 5) is 68.2. The Morgan fingerprint density at radius 2 is 1.74 bits per heavy atom. The van der Waals surface area contributed by atoms with Crippen LogP contribution in [0.25, 0.3) is 0 Å². The van der Waals surface area contributed by atoms with Crippen LogP contribution >= 0.6 is 0 Å². The van der Waals surface area contributed by atoms with Crippen molar-refractivity contribution in [3.8, 4) is 0 Å². The summed E-state index contributed by atoms with van der Waals surface area (Å²) < 4.78 is 18.7. The maximum atomic E-state index is 14.3. The topological polar surface area (TPSA) is 181 Å². The number of ketones is 1. The van der Waals surface area contributed by atoms with E-state index in [-0.39, 0.29) is 24.6 Å². The molecule has 3 fully saturated rings. The van der Waals surface area contributed by atoms with Crippen molar-refractivity contribution in [3.63, 3.8) is 0 Å². The Balaban J connectivity index is 1.54. The molecule has 1 aliphatic heterocycles. The van der Waals surface area contributed by atoms with Gasteiger partial charge in [0.05, 0.1) is 39.3 Å². The van der Waals surface area contributed by atoms with E-state index in [1.165, 1.54) is 11.2 Å². The van der Waals surface area contributed by atoms with Crippen LogP contribution in [0, 0.1) is 18.3 Å². The lowest BCUT2D eigenvalue weighted by Gasteiger charge is -2.40. The lowest BCUT2D eigenvalue weighted by Crippen LogP contribution is -2.63. The molecule has 260 valence electrons. The molecule has 1 aromatic heterocycles. The Kier molecular flexibility index (Phi) is 11.4. The van der Waals surface area contributed by atoms with Crippen LogP contribution in [0.1, 0.15) is 98.2 Å². The van der Waals surface area contributed by atoms with Crippen LogP contribution in [-0.2, 0) is 30.0 Å². The molecule has 5 amide bonds. The number of nitrogens with two attached hydrogens (primary N) is 1. The molecule has 0 radical (unpaired) electrons. The molecule has 4 atom stereocenters. The number of hydrogen-bond acceptors (Lipinski definition) is 7. The largest absolute Gasteiger partial charge is 0.468 e. The molecule has 0 bridgehead atoms. The van der Waals surface area contributed by atoms with Gasteiger partial charge in [0.2, 0.25) is 17.6 Å². The molecule has 1 aromatic rings. The molecule has 0 spiro atoms. The van der Waals surface area contributed by atoms with Gasteiger partial charge in [0.25, 0.3) is 5.91 Å². The van der Waals surface area contributed by atoms with Crippen LogP contribution in [0.4, 0.5) is 4.79 Å². The lowest BCUT2D eigenvalue weighted by atomic mass is 9.83. The first kappa shape index (κ1) is 36.4. The number of likely N-dealkylation sites (tertiary alicyclic amines) is 1. The predicted molar refractivity (Wildman–Crippen MR) is 177 cm³/mol. The summed E-state index contributed by atoms with van der Waals surface area (Å²) in [7, 11) is -1.40. The Morgan fingerprint density at radius 3 is 2.28 bits per heavy atom. The SMILES string of the molecule is CC(C)=C1C[C@@H](C(=O)NC(CC2CC2)C(=O)C(N)=O)N(C(=O)[C@@H](NC(=O)NC2(CS(=O)c3ccoc3C)CCCCC2)C(C)(C)C)C1. The molecule has 2 heterocycles. The zero-order valence-corrected chi connectivity index (χ0v) is 29.3. The second kappa shape index (κ2) is 14.7. The molecular weight excluding hydrogens is 622 g/mol. The highest BCUT2D eigenvalue weighted by Crippen LogP contribution is 2.35. The number of primary amides is 1. The van der Waals surface area contributed by atoms with E-state index in [4.69, 9.17) is 10.2 Å². The summed E-state index contributed by atoms with van der Waals surface area (Å²) in [5.41, 5.74) is 5.71. The molecule has 2 unspecified atom stereocenters. The normalized spacial score (nSPS) is 21.4. The van der Waals surface area contributed by atoms with Crippen molar-refractivity contribution in [2.45, 2.75) is 128 Å². The number of amides is 5. The quantitative estimate of drug-likeness (QED) is 0.194. The molecule has 0 aromatic carbocycles. The first-order chi connectivity index (χ1) is 22.0. The monoisotopic (exact) mass is 673 g/mol. The van der Waals surface area contributed by atoms with Crippen LogP contribution in [-0.4, -0.2) is 74.6 Å². The number of carbonyl (C=O) groups excluding carboxylic acids is 5. The van der Waals surface area contributed by atoms with Gasteiger partial charge in [-0.05, 0) is 69.4 Å². The van der Waals surface area contributed by atoms with E-state index in [0.29, 0.717) is 29.9 Å². The van der Waals surface area contributed by atoms with E-state index >= 15 is 0 Å². The Labute approximate surface area is 279 Å². The fraction of sp³-hybridized carbons (Fsp3) is 0.676. The molecular formula is C34H51N5O7S. The number of urea groups is 1. The first-order valence-electron chi connectivity index (χ1n) is 16.6.